The number of carboxylic acid groups (broad SMARTS) is 1. The Balaban J connectivity index is 2.11. The molecule has 0 saturated carbocycles. The topological polar surface area (TPSA) is 130 Å². The SMILES string of the molecule is Cn1cc(NS(=O)(=O)c2ccc(C(=O)NCC(=O)O)cc2)cn1. The highest BCUT2D eigenvalue weighted by Crippen LogP contribution is 2.15. The number of aromatic nitrogens is 2. The van der Waals surface area contributed by atoms with Gasteiger partial charge in [-0.1, -0.05) is 0 Å². The lowest BCUT2D eigenvalue weighted by molar-refractivity contribution is -0.135. The molecular formula is C13H14N4O5S. The van der Waals surface area contributed by atoms with E-state index in [4.69, 9.17) is 5.11 Å². The van der Waals surface area contributed by atoms with Crippen molar-refractivity contribution >= 4 is 27.6 Å². The van der Waals surface area contributed by atoms with E-state index in [-0.39, 0.29) is 10.5 Å². The number of anilines is 1. The van der Waals surface area contributed by atoms with Crippen LogP contribution in [0.5, 0.6) is 0 Å². The molecule has 0 bridgehead atoms. The molecule has 0 atom stereocenters. The summed E-state index contributed by atoms with van der Waals surface area (Å²) in [6.45, 7) is -0.512. The van der Waals surface area contributed by atoms with Gasteiger partial charge in [0.15, 0.2) is 0 Å². The van der Waals surface area contributed by atoms with Gasteiger partial charge in [0.05, 0.1) is 16.8 Å². The van der Waals surface area contributed by atoms with E-state index >= 15 is 0 Å². The minimum absolute atomic E-state index is 0.0314. The first-order chi connectivity index (χ1) is 10.8. The van der Waals surface area contributed by atoms with Crippen LogP contribution in [0.1, 0.15) is 10.4 Å². The van der Waals surface area contributed by atoms with E-state index in [1.807, 2.05) is 0 Å². The van der Waals surface area contributed by atoms with Crippen LogP contribution in [-0.4, -0.2) is 41.7 Å². The molecule has 0 aliphatic carbocycles. The van der Waals surface area contributed by atoms with Crippen molar-refractivity contribution in [2.24, 2.45) is 7.05 Å². The predicted molar refractivity (Wildman–Crippen MR) is 80.4 cm³/mol. The molecule has 0 unspecified atom stereocenters. The molecule has 0 radical (unpaired) electrons. The summed E-state index contributed by atoms with van der Waals surface area (Å²) in [5, 5.41) is 14.5. The van der Waals surface area contributed by atoms with Gasteiger partial charge in [0.25, 0.3) is 15.9 Å². The molecule has 122 valence electrons. The van der Waals surface area contributed by atoms with Crippen molar-refractivity contribution < 1.29 is 23.1 Å². The standard InChI is InChI=1S/C13H14N4O5S/c1-17-8-10(6-15-17)16-23(21,22)11-4-2-9(3-5-11)13(20)14-7-12(18)19/h2-6,8,16H,7H2,1H3,(H,14,20)(H,18,19). The Hall–Kier alpha value is -2.88. The summed E-state index contributed by atoms with van der Waals surface area (Å²) in [6.07, 6.45) is 2.87. The van der Waals surface area contributed by atoms with Crippen molar-refractivity contribution in [1.29, 1.82) is 0 Å². The first-order valence-electron chi connectivity index (χ1n) is 6.39. The zero-order chi connectivity index (χ0) is 17.0. The third-order valence-electron chi connectivity index (χ3n) is 2.78. The summed E-state index contributed by atoms with van der Waals surface area (Å²) in [5.74, 6) is -1.77. The van der Waals surface area contributed by atoms with Crippen LogP contribution in [0, 0.1) is 0 Å². The largest absolute Gasteiger partial charge is 0.480 e. The number of carbonyl (C=O) groups excluding carboxylic acids is 1. The normalized spacial score (nSPS) is 11.0. The maximum Gasteiger partial charge on any atom is 0.322 e. The molecule has 1 amide bonds. The van der Waals surface area contributed by atoms with Gasteiger partial charge in [-0.2, -0.15) is 5.10 Å². The molecule has 0 fully saturated rings. The number of sulfonamides is 1. The second-order valence-corrected chi connectivity index (χ2v) is 6.29. The van der Waals surface area contributed by atoms with E-state index in [1.54, 1.807) is 7.05 Å². The summed E-state index contributed by atoms with van der Waals surface area (Å²) < 4.78 is 28.2. The van der Waals surface area contributed by atoms with E-state index in [0.717, 1.165) is 0 Å². The maximum atomic E-state index is 12.2. The number of amides is 1. The number of hydrogen-bond donors (Lipinski definition) is 3. The zero-order valence-electron chi connectivity index (χ0n) is 12.1. The van der Waals surface area contributed by atoms with Gasteiger partial charge in [-0.15, -0.1) is 0 Å². The molecule has 0 saturated heterocycles. The third-order valence-corrected chi connectivity index (χ3v) is 4.18. The molecule has 2 aromatic rings. The summed E-state index contributed by atoms with van der Waals surface area (Å²) in [7, 11) is -2.14. The van der Waals surface area contributed by atoms with Gasteiger partial charge < -0.3 is 10.4 Å². The maximum absolute atomic E-state index is 12.2. The number of aryl methyl sites for hydroxylation is 1. The number of benzene rings is 1. The van der Waals surface area contributed by atoms with Crippen LogP contribution in [0.2, 0.25) is 0 Å². The van der Waals surface area contributed by atoms with Crippen LogP contribution >= 0.6 is 0 Å². The van der Waals surface area contributed by atoms with Crippen LogP contribution in [0.3, 0.4) is 0 Å². The van der Waals surface area contributed by atoms with Crippen molar-refractivity contribution in [2.75, 3.05) is 11.3 Å². The number of nitrogens with zero attached hydrogens (tertiary/aromatic N) is 2. The summed E-state index contributed by atoms with van der Waals surface area (Å²) >= 11 is 0. The number of nitrogens with one attached hydrogen (secondary N) is 2. The van der Waals surface area contributed by atoms with Gasteiger partial charge in [-0.05, 0) is 24.3 Å². The van der Waals surface area contributed by atoms with Crippen molar-refractivity contribution in [3.8, 4) is 0 Å². The van der Waals surface area contributed by atoms with Gasteiger partial charge in [0.2, 0.25) is 0 Å². The van der Waals surface area contributed by atoms with Crippen LogP contribution in [-0.2, 0) is 21.9 Å². The molecule has 0 aliphatic rings. The van der Waals surface area contributed by atoms with Gasteiger partial charge in [-0.25, -0.2) is 8.42 Å². The first kappa shape index (κ1) is 16.5. The smallest absolute Gasteiger partial charge is 0.322 e. The molecule has 10 heteroatoms. The van der Waals surface area contributed by atoms with Crippen molar-refractivity contribution in [3.63, 3.8) is 0 Å². The second-order valence-electron chi connectivity index (χ2n) is 4.61. The Labute approximate surface area is 132 Å². The van der Waals surface area contributed by atoms with Crippen LogP contribution in [0.15, 0.2) is 41.6 Å². The number of carboxylic acids is 1. The lowest BCUT2D eigenvalue weighted by atomic mass is 10.2. The zero-order valence-corrected chi connectivity index (χ0v) is 12.9. The van der Waals surface area contributed by atoms with Gasteiger partial charge >= 0.3 is 5.97 Å². The Kier molecular flexibility index (Phi) is 4.65. The van der Waals surface area contributed by atoms with E-state index < -0.39 is 28.4 Å². The molecule has 1 aromatic carbocycles. The molecule has 1 heterocycles. The van der Waals surface area contributed by atoms with Crippen LogP contribution in [0.4, 0.5) is 5.69 Å². The van der Waals surface area contributed by atoms with Gasteiger partial charge in [-0.3, -0.25) is 19.0 Å². The lowest BCUT2D eigenvalue weighted by Crippen LogP contribution is -2.29. The van der Waals surface area contributed by atoms with Crippen molar-refractivity contribution in [2.45, 2.75) is 4.90 Å². The van der Waals surface area contributed by atoms with Crippen LogP contribution in [0.25, 0.3) is 0 Å². The van der Waals surface area contributed by atoms with E-state index in [9.17, 15) is 18.0 Å². The second kappa shape index (κ2) is 6.48. The lowest BCUT2D eigenvalue weighted by Gasteiger charge is -2.07. The molecule has 0 spiro atoms. The molecule has 9 nitrogen and oxygen atoms in total. The summed E-state index contributed by atoms with van der Waals surface area (Å²) in [4.78, 5) is 22.0. The molecule has 1 aromatic heterocycles. The van der Waals surface area contributed by atoms with Crippen molar-refractivity contribution in [1.82, 2.24) is 15.1 Å². The molecule has 0 aliphatic heterocycles. The number of carbonyl (C=O) groups is 2. The van der Waals surface area contributed by atoms with E-state index in [1.165, 1.54) is 41.3 Å². The number of aliphatic carboxylic acids is 1. The van der Waals surface area contributed by atoms with Gasteiger partial charge in [0.1, 0.15) is 6.54 Å². The summed E-state index contributed by atoms with van der Waals surface area (Å²) in [5.41, 5.74) is 0.474. The molecule has 2 rings (SSSR count). The predicted octanol–water partition coefficient (Wildman–Crippen LogP) is 0.0353. The fourth-order valence-electron chi connectivity index (χ4n) is 1.73. The van der Waals surface area contributed by atoms with Crippen LogP contribution < -0.4 is 10.0 Å². The highest BCUT2D eigenvalue weighted by molar-refractivity contribution is 7.92. The minimum Gasteiger partial charge on any atom is -0.480 e. The third kappa shape index (κ3) is 4.30. The fourth-order valence-corrected chi connectivity index (χ4v) is 2.76. The average Bonchev–Trinajstić information content (AvgIpc) is 2.89. The minimum atomic E-state index is -3.80. The van der Waals surface area contributed by atoms with Gasteiger partial charge in [0, 0.05) is 18.8 Å². The highest BCUT2D eigenvalue weighted by atomic mass is 32.2. The molecule has 23 heavy (non-hydrogen) atoms. The average molecular weight is 338 g/mol. The monoisotopic (exact) mass is 338 g/mol. The first-order valence-corrected chi connectivity index (χ1v) is 7.88. The fraction of sp³-hybridized carbons (Fsp3) is 0.154. The Morgan fingerprint density at radius 1 is 1.26 bits per heavy atom. The van der Waals surface area contributed by atoms with Crippen molar-refractivity contribution in [3.05, 3.63) is 42.2 Å². The number of hydrogen-bond acceptors (Lipinski definition) is 5. The Bertz CT molecular complexity index is 826. The summed E-state index contributed by atoms with van der Waals surface area (Å²) in [6, 6.07) is 5.12. The van der Waals surface area contributed by atoms with E-state index in [0.29, 0.717) is 5.69 Å². The number of rotatable bonds is 6. The highest BCUT2D eigenvalue weighted by Gasteiger charge is 2.16. The Morgan fingerprint density at radius 2 is 1.91 bits per heavy atom. The quantitative estimate of drug-likeness (QED) is 0.681. The molecule has 3 N–H and O–H groups in total. The van der Waals surface area contributed by atoms with E-state index in [2.05, 4.69) is 15.1 Å². The molecular weight excluding hydrogens is 324 g/mol. The Morgan fingerprint density at radius 3 is 2.43 bits per heavy atom.